The molecule has 2 aromatic rings. The molecule has 1 aliphatic heterocycles. The first kappa shape index (κ1) is 15.5. The van der Waals surface area contributed by atoms with Crippen LogP contribution < -0.4 is 10.6 Å². The van der Waals surface area contributed by atoms with Crippen molar-refractivity contribution in [3.8, 4) is 0 Å². The molecule has 0 aliphatic carbocycles. The molecule has 8 nitrogen and oxygen atoms in total. The molecule has 2 aromatic heterocycles. The molecule has 2 amide bonds. The Morgan fingerprint density at radius 2 is 2.30 bits per heavy atom. The van der Waals surface area contributed by atoms with E-state index in [1.165, 1.54) is 0 Å². The van der Waals surface area contributed by atoms with Gasteiger partial charge >= 0.3 is 6.03 Å². The second kappa shape index (κ2) is 6.80. The summed E-state index contributed by atoms with van der Waals surface area (Å²) in [5.41, 5.74) is 1.74. The summed E-state index contributed by atoms with van der Waals surface area (Å²) in [7, 11) is 0. The zero-order valence-corrected chi connectivity index (χ0v) is 13.6. The summed E-state index contributed by atoms with van der Waals surface area (Å²) in [6.45, 7) is 5.66. The van der Waals surface area contributed by atoms with Crippen molar-refractivity contribution in [2.24, 2.45) is 0 Å². The van der Waals surface area contributed by atoms with E-state index in [-0.39, 0.29) is 12.1 Å². The molecule has 0 fully saturated rings. The first-order valence-corrected chi connectivity index (χ1v) is 8.14. The molecule has 0 aromatic carbocycles. The van der Waals surface area contributed by atoms with Crippen LogP contribution in [0.2, 0.25) is 0 Å². The smallest absolute Gasteiger partial charge is 0.319 e. The first-order chi connectivity index (χ1) is 11.2. The Morgan fingerprint density at radius 3 is 3.13 bits per heavy atom. The molecule has 0 saturated heterocycles. The lowest BCUT2D eigenvalue weighted by molar-refractivity contribution is 0.243. The lowest BCUT2D eigenvalue weighted by Gasteiger charge is -2.23. The molecule has 3 heterocycles. The van der Waals surface area contributed by atoms with Crippen LogP contribution in [0.15, 0.2) is 12.5 Å². The molecule has 3 rings (SSSR count). The second-order valence-electron chi connectivity index (χ2n) is 5.91. The van der Waals surface area contributed by atoms with E-state index in [9.17, 15) is 4.79 Å². The Bertz CT molecular complexity index is 675. The highest BCUT2D eigenvalue weighted by Crippen LogP contribution is 2.15. The number of nitrogens with zero attached hydrogens (tertiary/aromatic N) is 5. The van der Waals surface area contributed by atoms with E-state index in [4.69, 9.17) is 0 Å². The van der Waals surface area contributed by atoms with Crippen molar-refractivity contribution < 1.29 is 4.79 Å². The summed E-state index contributed by atoms with van der Waals surface area (Å²) >= 11 is 0. The zero-order valence-electron chi connectivity index (χ0n) is 13.6. The van der Waals surface area contributed by atoms with E-state index in [0.717, 1.165) is 49.4 Å². The number of hydrogen-bond acceptors (Lipinski definition) is 4. The fraction of sp³-hybridized carbons (Fsp3) is 0.600. The summed E-state index contributed by atoms with van der Waals surface area (Å²) in [6, 6.07) is -0.128. The fourth-order valence-corrected chi connectivity index (χ4v) is 2.80. The van der Waals surface area contributed by atoms with Crippen LogP contribution in [0.1, 0.15) is 37.7 Å². The van der Waals surface area contributed by atoms with Crippen LogP contribution in [0, 0.1) is 6.92 Å². The van der Waals surface area contributed by atoms with Crippen LogP contribution in [0.25, 0.3) is 0 Å². The van der Waals surface area contributed by atoms with Crippen LogP contribution in [0.5, 0.6) is 0 Å². The van der Waals surface area contributed by atoms with E-state index in [1.54, 1.807) is 12.5 Å². The zero-order chi connectivity index (χ0) is 16.2. The number of anilines is 1. The van der Waals surface area contributed by atoms with Gasteiger partial charge in [0.05, 0.1) is 30.2 Å². The van der Waals surface area contributed by atoms with Crippen LogP contribution in [-0.2, 0) is 19.5 Å². The molecular weight excluding hydrogens is 294 g/mol. The molecule has 2 N–H and O–H groups in total. The molecule has 1 atom stereocenters. The van der Waals surface area contributed by atoms with Gasteiger partial charge in [-0.25, -0.2) is 14.5 Å². The van der Waals surface area contributed by atoms with E-state index < -0.39 is 0 Å². The van der Waals surface area contributed by atoms with Gasteiger partial charge in [-0.1, -0.05) is 13.3 Å². The quantitative estimate of drug-likeness (QED) is 0.878. The molecular formula is C15H23N7O. The number of nitrogens with one attached hydrogen (secondary N) is 2. The van der Waals surface area contributed by atoms with Gasteiger partial charge in [0, 0.05) is 13.0 Å². The molecule has 0 spiro atoms. The van der Waals surface area contributed by atoms with Gasteiger partial charge in [-0.15, -0.1) is 0 Å². The maximum absolute atomic E-state index is 12.2. The Morgan fingerprint density at radius 1 is 1.43 bits per heavy atom. The highest BCUT2D eigenvalue weighted by atomic mass is 16.2. The van der Waals surface area contributed by atoms with E-state index >= 15 is 0 Å². The maximum Gasteiger partial charge on any atom is 0.319 e. The second-order valence-corrected chi connectivity index (χ2v) is 5.91. The molecule has 23 heavy (non-hydrogen) atoms. The Hall–Kier alpha value is -2.38. The maximum atomic E-state index is 12.2. The SMILES string of the molecule is CCCCn1ncc(NC(=O)N[C@@H]2CCc3ncnn3C2)c1C. The van der Waals surface area contributed by atoms with Crippen LogP contribution in [0.3, 0.4) is 0 Å². The number of amides is 2. The standard InChI is InChI=1S/C15H23N7O/c1-3-4-7-21-11(2)13(8-17-21)20-15(23)19-12-5-6-14-16-10-18-22(14)9-12/h8,10,12H,3-7,9H2,1-2H3,(H2,19,20,23)/t12-/m1/s1. The van der Waals surface area contributed by atoms with E-state index in [1.807, 2.05) is 16.3 Å². The Balaban J connectivity index is 1.55. The number of aromatic nitrogens is 5. The molecule has 1 aliphatic rings. The van der Waals surface area contributed by atoms with Crippen molar-refractivity contribution in [1.29, 1.82) is 0 Å². The van der Waals surface area contributed by atoms with Gasteiger partial charge in [-0.2, -0.15) is 10.2 Å². The Kier molecular flexibility index (Phi) is 4.59. The molecule has 0 unspecified atom stereocenters. The van der Waals surface area contributed by atoms with Crippen LogP contribution in [-0.4, -0.2) is 36.6 Å². The van der Waals surface area contributed by atoms with E-state index in [0.29, 0.717) is 6.54 Å². The van der Waals surface area contributed by atoms with Crippen molar-refractivity contribution in [2.75, 3.05) is 5.32 Å². The van der Waals surface area contributed by atoms with Gasteiger partial charge in [0.1, 0.15) is 12.2 Å². The van der Waals surface area contributed by atoms with Gasteiger partial charge in [0.15, 0.2) is 0 Å². The average Bonchev–Trinajstić information content (AvgIpc) is 3.13. The molecule has 0 bridgehead atoms. The van der Waals surface area contributed by atoms with Crippen molar-refractivity contribution in [2.45, 2.75) is 58.7 Å². The highest BCUT2D eigenvalue weighted by molar-refractivity contribution is 5.89. The van der Waals surface area contributed by atoms with E-state index in [2.05, 4.69) is 32.7 Å². The average molecular weight is 317 g/mol. The number of rotatable bonds is 5. The number of carbonyl (C=O) groups excluding carboxylic acids is 1. The largest absolute Gasteiger partial charge is 0.333 e. The molecule has 0 radical (unpaired) electrons. The summed E-state index contributed by atoms with van der Waals surface area (Å²) < 4.78 is 3.78. The van der Waals surface area contributed by atoms with Gasteiger partial charge in [-0.3, -0.25) is 4.68 Å². The van der Waals surface area contributed by atoms with Crippen molar-refractivity contribution >= 4 is 11.7 Å². The van der Waals surface area contributed by atoms with Gasteiger partial charge in [0.25, 0.3) is 0 Å². The normalized spacial score (nSPS) is 16.9. The summed E-state index contributed by atoms with van der Waals surface area (Å²) in [5.74, 6) is 0.983. The van der Waals surface area contributed by atoms with Gasteiger partial charge in [0.2, 0.25) is 0 Å². The third kappa shape index (κ3) is 3.52. The fourth-order valence-electron chi connectivity index (χ4n) is 2.80. The highest BCUT2D eigenvalue weighted by Gasteiger charge is 2.21. The van der Waals surface area contributed by atoms with Crippen molar-refractivity contribution in [3.05, 3.63) is 24.0 Å². The number of unbranched alkanes of at least 4 members (excludes halogenated alkanes) is 1. The summed E-state index contributed by atoms with van der Waals surface area (Å²) in [6.07, 6.45) is 7.18. The minimum atomic E-state index is -0.197. The predicted octanol–water partition coefficient (Wildman–Crippen LogP) is 1.72. The lowest BCUT2D eigenvalue weighted by Crippen LogP contribution is -2.43. The molecule has 0 saturated carbocycles. The lowest BCUT2D eigenvalue weighted by atomic mass is 10.1. The monoisotopic (exact) mass is 317 g/mol. The molecule has 124 valence electrons. The van der Waals surface area contributed by atoms with Crippen LogP contribution in [0.4, 0.5) is 10.5 Å². The first-order valence-electron chi connectivity index (χ1n) is 8.14. The minimum Gasteiger partial charge on any atom is -0.333 e. The van der Waals surface area contributed by atoms with Gasteiger partial charge in [-0.05, 0) is 19.8 Å². The summed E-state index contributed by atoms with van der Waals surface area (Å²) in [5, 5.41) is 14.4. The van der Waals surface area contributed by atoms with Gasteiger partial charge < -0.3 is 10.6 Å². The summed E-state index contributed by atoms with van der Waals surface area (Å²) in [4.78, 5) is 16.4. The number of fused-ring (bicyclic) bond motifs is 1. The van der Waals surface area contributed by atoms with Crippen molar-refractivity contribution in [3.63, 3.8) is 0 Å². The Labute approximate surface area is 135 Å². The molecule has 8 heteroatoms. The number of aryl methyl sites for hydroxylation is 2. The van der Waals surface area contributed by atoms with Crippen LogP contribution >= 0.6 is 0 Å². The number of urea groups is 1. The third-order valence-corrected chi connectivity index (χ3v) is 4.22. The topological polar surface area (TPSA) is 89.7 Å². The number of carbonyl (C=O) groups is 1. The van der Waals surface area contributed by atoms with Crippen molar-refractivity contribution in [1.82, 2.24) is 29.9 Å². The number of hydrogen-bond donors (Lipinski definition) is 2. The predicted molar refractivity (Wildman–Crippen MR) is 86.2 cm³/mol. The third-order valence-electron chi connectivity index (χ3n) is 4.22. The minimum absolute atomic E-state index is 0.0691.